The summed E-state index contributed by atoms with van der Waals surface area (Å²) in [5.74, 6) is 1.75. The van der Waals surface area contributed by atoms with E-state index in [9.17, 15) is 0 Å². The third-order valence-corrected chi connectivity index (χ3v) is 4.37. The van der Waals surface area contributed by atoms with Crippen molar-refractivity contribution >= 4 is 11.6 Å². The second kappa shape index (κ2) is 7.18. The number of nitrogens with zero attached hydrogens (tertiary/aromatic N) is 2. The predicted octanol–water partition coefficient (Wildman–Crippen LogP) is 5.74. The lowest BCUT2D eigenvalue weighted by molar-refractivity contribution is 0.490. The number of rotatable bonds is 5. The molecule has 3 rings (SSSR count). The number of benzene rings is 2. The summed E-state index contributed by atoms with van der Waals surface area (Å²) in [7, 11) is 0. The number of hydrogen-bond acceptors (Lipinski definition) is 3. The van der Waals surface area contributed by atoms with Crippen molar-refractivity contribution in [1.82, 2.24) is 10.2 Å². The Bertz CT molecular complexity index is 809. The summed E-state index contributed by atoms with van der Waals surface area (Å²) in [5.41, 5.74) is 3.28. The Labute approximate surface area is 147 Å². The third kappa shape index (κ3) is 3.68. The summed E-state index contributed by atoms with van der Waals surface area (Å²) in [6.45, 7) is 6.53. The zero-order chi connectivity index (χ0) is 17.1. The Balaban J connectivity index is 1.81. The molecule has 24 heavy (non-hydrogen) atoms. The van der Waals surface area contributed by atoms with Gasteiger partial charge in [0.25, 0.3) is 0 Å². The van der Waals surface area contributed by atoms with Crippen LogP contribution in [0.1, 0.15) is 43.7 Å². The first-order valence-electron chi connectivity index (χ1n) is 8.21. The maximum Gasteiger partial charge on any atom is 0.249 e. The number of aromatic nitrogens is 2. The second-order valence-corrected chi connectivity index (χ2v) is 6.89. The van der Waals surface area contributed by atoms with E-state index < -0.39 is 0 Å². The Morgan fingerprint density at radius 2 is 1.67 bits per heavy atom. The van der Waals surface area contributed by atoms with Crippen molar-refractivity contribution in [2.24, 2.45) is 5.92 Å². The monoisotopic (exact) mass is 340 g/mol. The standard InChI is InChI=1S/C20H21ClN2O/c1-13(2)12-15-8-10-16(11-9-15)14(3)19-22-23-20(24-19)17-6-4-5-7-18(17)21/h4-11,13-14H,12H2,1-3H3. The van der Waals surface area contributed by atoms with Crippen molar-refractivity contribution in [1.29, 1.82) is 0 Å². The van der Waals surface area contributed by atoms with Gasteiger partial charge in [0, 0.05) is 0 Å². The van der Waals surface area contributed by atoms with Crippen LogP contribution < -0.4 is 0 Å². The van der Waals surface area contributed by atoms with Gasteiger partial charge in [-0.15, -0.1) is 10.2 Å². The van der Waals surface area contributed by atoms with Crippen LogP contribution in [-0.2, 0) is 6.42 Å². The number of hydrogen-bond donors (Lipinski definition) is 0. The SMILES string of the molecule is CC(C)Cc1ccc(C(C)c2nnc(-c3ccccc3Cl)o2)cc1. The molecule has 1 unspecified atom stereocenters. The molecule has 0 aliphatic rings. The highest BCUT2D eigenvalue weighted by Gasteiger charge is 2.18. The van der Waals surface area contributed by atoms with Crippen LogP contribution >= 0.6 is 11.6 Å². The number of halogens is 1. The van der Waals surface area contributed by atoms with Crippen LogP contribution in [0.5, 0.6) is 0 Å². The second-order valence-electron chi connectivity index (χ2n) is 6.49. The van der Waals surface area contributed by atoms with E-state index in [2.05, 4.69) is 55.2 Å². The quantitative estimate of drug-likeness (QED) is 0.594. The van der Waals surface area contributed by atoms with E-state index in [1.807, 2.05) is 24.3 Å². The van der Waals surface area contributed by atoms with Crippen LogP contribution in [0.15, 0.2) is 52.9 Å². The molecule has 0 saturated heterocycles. The molecule has 0 aliphatic heterocycles. The molecular weight excluding hydrogens is 320 g/mol. The van der Waals surface area contributed by atoms with Gasteiger partial charge >= 0.3 is 0 Å². The molecule has 1 atom stereocenters. The van der Waals surface area contributed by atoms with Crippen LogP contribution in [0.4, 0.5) is 0 Å². The van der Waals surface area contributed by atoms with E-state index in [4.69, 9.17) is 16.0 Å². The minimum absolute atomic E-state index is 0.0434. The van der Waals surface area contributed by atoms with Gasteiger partial charge in [0.2, 0.25) is 11.8 Å². The highest BCUT2D eigenvalue weighted by Crippen LogP contribution is 2.30. The smallest absolute Gasteiger partial charge is 0.249 e. The van der Waals surface area contributed by atoms with Gasteiger partial charge in [-0.2, -0.15) is 0 Å². The summed E-state index contributed by atoms with van der Waals surface area (Å²) >= 11 is 6.20. The van der Waals surface area contributed by atoms with E-state index in [0.717, 1.165) is 17.5 Å². The molecule has 4 heteroatoms. The van der Waals surface area contributed by atoms with Gasteiger partial charge < -0.3 is 4.42 Å². The Morgan fingerprint density at radius 1 is 0.958 bits per heavy atom. The van der Waals surface area contributed by atoms with Crippen LogP contribution in [0.25, 0.3) is 11.5 Å². The summed E-state index contributed by atoms with van der Waals surface area (Å²) in [4.78, 5) is 0. The Hall–Kier alpha value is -2.13. The molecule has 2 aromatic carbocycles. The van der Waals surface area contributed by atoms with Gasteiger partial charge in [0.05, 0.1) is 16.5 Å². The fourth-order valence-corrected chi connectivity index (χ4v) is 2.93. The van der Waals surface area contributed by atoms with E-state index in [0.29, 0.717) is 22.7 Å². The average Bonchev–Trinajstić information content (AvgIpc) is 3.04. The maximum atomic E-state index is 6.20. The molecule has 0 amide bonds. The molecule has 1 aromatic heterocycles. The summed E-state index contributed by atoms with van der Waals surface area (Å²) in [6, 6.07) is 16.1. The summed E-state index contributed by atoms with van der Waals surface area (Å²) in [6.07, 6.45) is 1.09. The fourth-order valence-electron chi connectivity index (χ4n) is 2.71. The van der Waals surface area contributed by atoms with Crippen molar-refractivity contribution in [3.63, 3.8) is 0 Å². The topological polar surface area (TPSA) is 38.9 Å². The van der Waals surface area contributed by atoms with Gasteiger partial charge in [-0.3, -0.25) is 0 Å². The summed E-state index contributed by atoms with van der Waals surface area (Å²) < 4.78 is 5.85. The van der Waals surface area contributed by atoms with Crippen LogP contribution in [0.3, 0.4) is 0 Å². The highest BCUT2D eigenvalue weighted by molar-refractivity contribution is 6.33. The molecule has 0 spiro atoms. The van der Waals surface area contributed by atoms with E-state index in [1.165, 1.54) is 5.56 Å². The molecule has 0 aliphatic carbocycles. The van der Waals surface area contributed by atoms with Crippen LogP contribution in [0.2, 0.25) is 5.02 Å². The maximum absolute atomic E-state index is 6.20. The van der Waals surface area contributed by atoms with Gasteiger partial charge in [-0.25, -0.2) is 0 Å². The zero-order valence-electron chi connectivity index (χ0n) is 14.2. The minimum atomic E-state index is 0.0434. The Kier molecular flexibility index (Phi) is 5.00. The normalized spacial score (nSPS) is 12.5. The largest absolute Gasteiger partial charge is 0.420 e. The first-order valence-corrected chi connectivity index (χ1v) is 8.59. The van der Waals surface area contributed by atoms with E-state index >= 15 is 0 Å². The lowest BCUT2D eigenvalue weighted by Gasteiger charge is -2.09. The zero-order valence-corrected chi connectivity index (χ0v) is 14.9. The van der Waals surface area contributed by atoms with Crippen molar-refractivity contribution in [2.75, 3.05) is 0 Å². The van der Waals surface area contributed by atoms with E-state index in [1.54, 1.807) is 0 Å². The van der Waals surface area contributed by atoms with Crippen LogP contribution in [0, 0.1) is 5.92 Å². The molecule has 3 aromatic rings. The molecule has 1 heterocycles. The fraction of sp³-hybridized carbons (Fsp3) is 0.300. The van der Waals surface area contributed by atoms with Crippen molar-refractivity contribution < 1.29 is 4.42 Å². The summed E-state index contributed by atoms with van der Waals surface area (Å²) in [5, 5.41) is 8.96. The molecule has 3 nitrogen and oxygen atoms in total. The molecule has 0 bridgehead atoms. The van der Waals surface area contributed by atoms with Gasteiger partial charge in [0.1, 0.15) is 0 Å². The van der Waals surface area contributed by atoms with Gasteiger partial charge in [0.15, 0.2) is 0 Å². The minimum Gasteiger partial charge on any atom is -0.420 e. The molecule has 0 N–H and O–H groups in total. The van der Waals surface area contributed by atoms with Crippen molar-refractivity contribution in [3.05, 3.63) is 70.6 Å². The average molecular weight is 341 g/mol. The van der Waals surface area contributed by atoms with Crippen molar-refractivity contribution in [2.45, 2.75) is 33.1 Å². The molecule has 0 saturated carbocycles. The first-order chi connectivity index (χ1) is 11.5. The van der Waals surface area contributed by atoms with Crippen LogP contribution in [-0.4, -0.2) is 10.2 Å². The third-order valence-electron chi connectivity index (χ3n) is 4.04. The molecule has 0 radical (unpaired) electrons. The van der Waals surface area contributed by atoms with Gasteiger partial charge in [-0.1, -0.05) is 61.8 Å². The van der Waals surface area contributed by atoms with Gasteiger partial charge in [-0.05, 0) is 42.5 Å². The predicted molar refractivity (Wildman–Crippen MR) is 97.2 cm³/mol. The Morgan fingerprint density at radius 3 is 2.33 bits per heavy atom. The lowest BCUT2D eigenvalue weighted by atomic mass is 9.97. The lowest BCUT2D eigenvalue weighted by Crippen LogP contribution is -1.98. The first kappa shape index (κ1) is 16.7. The highest BCUT2D eigenvalue weighted by atomic mass is 35.5. The van der Waals surface area contributed by atoms with Crippen molar-refractivity contribution in [3.8, 4) is 11.5 Å². The van der Waals surface area contributed by atoms with E-state index in [-0.39, 0.29) is 5.92 Å². The molecule has 0 fully saturated rings. The molecular formula is C20H21ClN2O. The molecule has 124 valence electrons.